The summed E-state index contributed by atoms with van der Waals surface area (Å²) in [5.41, 5.74) is 4.71. The maximum absolute atomic E-state index is 12.1. The quantitative estimate of drug-likeness (QED) is 0.631. The van der Waals surface area contributed by atoms with Crippen molar-refractivity contribution in [1.82, 2.24) is 0 Å². The van der Waals surface area contributed by atoms with E-state index in [4.69, 9.17) is 5.11 Å². The van der Waals surface area contributed by atoms with Gasteiger partial charge in [0.05, 0.1) is 11.3 Å². The van der Waals surface area contributed by atoms with E-state index in [0.29, 0.717) is 0 Å². The van der Waals surface area contributed by atoms with Gasteiger partial charge in [-0.05, 0) is 47.4 Å². The topological polar surface area (TPSA) is 66.4 Å². The Labute approximate surface area is 157 Å². The molecule has 3 rings (SSSR count). The smallest absolute Gasteiger partial charge is 0.337 e. The van der Waals surface area contributed by atoms with Gasteiger partial charge in [-0.2, -0.15) is 0 Å². The summed E-state index contributed by atoms with van der Waals surface area (Å²) in [7, 11) is 0. The molecule has 0 bridgehead atoms. The molecule has 0 fully saturated rings. The van der Waals surface area contributed by atoms with Crippen molar-refractivity contribution in [2.24, 2.45) is 0 Å². The van der Waals surface area contributed by atoms with Gasteiger partial charge in [-0.15, -0.1) is 0 Å². The third kappa shape index (κ3) is 4.50. The molecular formula is C23H19NO3. The predicted molar refractivity (Wildman–Crippen MR) is 108 cm³/mol. The Balaban J connectivity index is 1.70. The SMILES string of the molecule is Cc1ccccc1-c1ccc(/C=C/C(=O)Nc2ccccc2C(=O)O)cc1. The van der Waals surface area contributed by atoms with Crippen LogP contribution < -0.4 is 5.32 Å². The second kappa shape index (κ2) is 8.15. The summed E-state index contributed by atoms with van der Waals surface area (Å²) in [6, 6.07) is 22.4. The van der Waals surface area contributed by atoms with E-state index in [0.717, 1.165) is 11.1 Å². The van der Waals surface area contributed by atoms with Gasteiger partial charge in [0.1, 0.15) is 0 Å². The fourth-order valence-electron chi connectivity index (χ4n) is 2.80. The number of carbonyl (C=O) groups excluding carboxylic acids is 1. The number of aryl methyl sites for hydroxylation is 1. The number of benzene rings is 3. The van der Waals surface area contributed by atoms with Gasteiger partial charge in [0.2, 0.25) is 5.91 Å². The number of amides is 1. The summed E-state index contributed by atoms with van der Waals surface area (Å²) < 4.78 is 0. The molecule has 134 valence electrons. The van der Waals surface area contributed by atoms with Crippen LogP contribution in [0.4, 0.5) is 5.69 Å². The molecule has 1 amide bonds. The van der Waals surface area contributed by atoms with Crippen molar-refractivity contribution >= 4 is 23.6 Å². The molecule has 0 aliphatic heterocycles. The first kappa shape index (κ1) is 18.1. The van der Waals surface area contributed by atoms with Gasteiger partial charge in [-0.1, -0.05) is 60.7 Å². The standard InChI is InChI=1S/C23H19NO3/c1-16-6-2-3-7-19(16)18-13-10-17(11-14-18)12-15-22(25)24-21-9-5-4-8-20(21)23(26)27/h2-15H,1H3,(H,24,25)(H,26,27)/b15-12+. The average Bonchev–Trinajstić information content (AvgIpc) is 2.67. The number of aromatic carboxylic acids is 1. The molecule has 0 aromatic heterocycles. The second-order valence-corrected chi connectivity index (χ2v) is 6.11. The Bertz CT molecular complexity index is 1000. The van der Waals surface area contributed by atoms with Gasteiger partial charge in [0.25, 0.3) is 0 Å². The van der Waals surface area contributed by atoms with Crippen molar-refractivity contribution in [3.8, 4) is 11.1 Å². The Kier molecular flexibility index (Phi) is 5.47. The van der Waals surface area contributed by atoms with Gasteiger partial charge in [0, 0.05) is 6.08 Å². The lowest BCUT2D eigenvalue weighted by atomic mass is 9.99. The molecule has 4 nitrogen and oxygen atoms in total. The van der Waals surface area contributed by atoms with Crippen LogP contribution in [0.15, 0.2) is 78.9 Å². The van der Waals surface area contributed by atoms with Crippen molar-refractivity contribution in [3.05, 3.63) is 95.6 Å². The third-order valence-electron chi connectivity index (χ3n) is 4.21. The Morgan fingerprint density at radius 3 is 2.26 bits per heavy atom. The highest BCUT2D eigenvalue weighted by Gasteiger charge is 2.10. The molecule has 0 aliphatic rings. The van der Waals surface area contributed by atoms with Crippen LogP contribution in [-0.4, -0.2) is 17.0 Å². The van der Waals surface area contributed by atoms with Gasteiger partial charge < -0.3 is 10.4 Å². The number of para-hydroxylation sites is 1. The lowest BCUT2D eigenvalue weighted by Crippen LogP contribution is -2.11. The van der Waals surface area contributed by atoms with Crippen molar-refractivity contribution in [1.29, 1.82) is 0 Å². The Hall–Kier alpha value is -3.66. The molecule has 0 saturated heterocycles. The maximum atomic E-state index is 12.1. The molecule has 0 heterocycles. The molecule has 3 aromatic carbocycles. The van der Waals surface area contributed by atoms with Crippen molar-refractivity contribution in [2.75, 3.05) is 5.32 Å². The number of hydrogen-bond acceptors (Lipinski definition) is 2. The first-order valence-corrected chi connectivity index (χ1v) is 8.52. The minimum Gasteiger partial charge on any atom is -0.478 e. The summed E-state index contributed by atoms with van der Waals surface area (Å²) >= 11 is 0. The summed E-state index contributed by atoms with van der Waals surface area (Å²) in [6.07, 6.45) is 3.09. The van der Waals surface area contributed by atoms with Gasteiger partial charge >= 0.3 is 5.97 Å². The molecule has 0 unspecified atom stereocenters. The Morgan fingerprint density at radius 2 is 1.56 bits per heavy atom. The van der Waals surface area contributed by atoms with Gasteiger partial charge in [0.15, 0.2) is 0 Å². The van der Waals surface area contributed by atoms with Crippen molar-refractivity contribution in [3.63, 3.8) is 0 Å². The monoisotopic (exact) mass is 357 g/mol. The zero-order valence-corrected chi connectivity index (χ0v) is 14.8. The predicted octanol–water partition coefficient (Wildman–Crippen LogP) is 5.01. The molecule has 4 heteroatoms. The largest absolute Gasteiger partial charge is 0.478 e. The molecular weight excluding hydrogens is 338 g/mol. The lowest BCUT2D eigenvalue weighted by molar-refractivity contribution is -0.111. The highest BCUT2D eigenvalue weighted by atomic mass is 16.4. The van der Waals surface area contributed by atoms with E-state index in [-0.39, 0.29) is 17.2 Å². The fourth-order valence-corrected chi connectivity index (χ4v) is 2.80. The molecule has 0 radical (unpaired) electrons. The number of carboxylic acids is 1. The van der Waals surface area contributed by atoms with Gasteiger partial charge in [-0.25, -0.2) is 4.79 Å². The van der Waals surface area contributed by atoms with E-state index in [1.54, 1.807) is 24.3 Å². The molecule has 0 atom stereocenters. The van der Waals surface area contributed by atoms with E-state index >= 15 is 0 Å². The molecule has 27 heavy (non-hydrogen) atoms. The van der Waals surface area contributed by atoms with E-state index in [2.05, 4.69) is 24.4 Å². The summed E-state index contributed by atoms with van der Waals surface area (Å²) in [5.74, 6) is -1.46. The third-order valence-corrected chi connectivity index (χ3v) is 4.21. The van der Waals surface area contributed by atoms with Crippen LogP contribution in [0.1, 0.15) is 21.5 Å². The molecule has 0 aliphatic carbocycles. The Morgan fingerprint density at radius 1 is 0.889 bits per heavy atom. The van der Waals surface area contributed by atoms with Crippen molar-refractivity contribution in [2.45, 2.75) is 6.92 Å². The summed E-state index contributed by atoms with van der Waals surface area (Å²) in [4.78, 5) is 23.3. The lowest BCUT2D eigenvalue weighted by Gasteiger charge is -2.06. The summed E-state index contributed by atoms with van der Waals surface area (Å²) in [6.45, 7) is 2.07. The second-order valence-electron chi connectivity index (χ2n) is 6.11. The molecule has 2 N–H and O–H groups in total. The van der Waals surface area contributed by atoms with Crippen LogP contribution >= 0.6 is 0 Å². The van der Waals surface area contributed by atoms with Crippen LogP contribution in [0, 0.1) is 6.92 Å². The average molecular weight is 357 g/mol. The van der Waals surface area contributed by atoms with Crippen LogP contribution in [-0.2, 0) is 4.79 Å². The number of anilines is 1. The first-order valence-electron chi connectivity index (χ1n) is 8.52. The highest BCUT2D eigenvalue weighted by Crippen LogP contribution is 2.23. The minimum absolute atomic E-state index is 0.0573. The zero-order valence-electron chi connectivity index (χ0n) is 14.8. The van der Waals surface area contributed by atoms with Crippen molar-refractivity contribution < 1.29 is 14.7 Å². The molecule has 3 aromatic rings. The number of rotatable bonds is 5. The molecule has 0 spiro atoms. The molecule has 0 saturated carbocycles. The zero-order chi connectivity index (χ0) is 19.2. The van der Waals surface area contributed by atoms with Crippen LogP contribution in [0.5, 0.6) is 0 Å². The van der Waals surface area contributed by atoms with E-state index in [9.17, 15) is 9.59 Å². The minimum atomic E-state index is -1.08. The normalized spacial score (nSPS) is 10.7. The van der Waals surface area contributed by atoms with E-state index in [1.165, 1.54) is 23.3 Å². The van der Waals surface area contributed by atoms with Crippen LogP contribution in [0.2, 0.25) is 0 Å². The maximum Gasteiger partial charge on any atom is 0.337 e. The first-order chi connectivity index (χ1) is 13.0. The van der Waals surface area contributed by atoms with E-state index in [1.807, 2.05) is 36.4 Å². The highest BCUT2D eigenvalue weighted by molar-refractivity contribution is 6.06. The fraction of sp³-hybridized carbons (Fsp3) is 0.0435. The van der Waals surface area contributed by atoms with Crippen LogP contribution in [0.25, 0.3) is 17.2 Å². The number of carbonyl (C=O) groups is 2. The van der Waals surface area contributed by atoms with Crippen LogP contribution in [0.3, 0.4) is 0 Å². The van der Waals surface area contributed by atoms with E-state index < -0.39 is 5.97 Å². The number of hydrogen-bond donors (Lipinski definition) is 2. The van der Waals surface area contributed by atoms with Gasteiger partial charge in [-0.3, -0.25) is 4.79 Å². The number of carboxylic acid groups (broad SMARTS) is 1. The number of nitrogens with one attached hydrogen (secondary N) is 1. The summed E-state index contributed by atoms with van der Waals surface area (Å²) in [5, 5.41) is 11.8.